The molecular formula is C21H26N4O3S. The summed E-state index contributed by atoms with van der Waals surface area (Å²) in [5.74, 6) is -0.0898. The Kier molecular flexibility index (Phi) is 6.74. The highest BCUT2D eigenvalue weighted by atomic mass is 32.2. The van der Waals surface area contributed by atoms with Crippen molar-refractivity contribution in [1.82, 2.24) is 19.8 Å². The fraction of sp³-hybridized carbons (Fsp3) is 0.429. The summed E-state index contributed by atoms with van der Waals surface area (Å²) in [4.78, 5) is 47.4. The molecule has 7 nitrogen and oxygen atoms in total. The predicted octanol–water partition coefficient (Wildman–Crippen LogP) is 2.16. The molecule has 8 heteroatoms. The van der Waals surface area contributed by atoms with E-state index in [0.717, 1.165) is 5.56 Å². The highest BCUT2D eigenvalue weighted by molar-refractivity contribution is 7.99. The standard InChI is InChI=1S/C21H26N4O3S/c1-14-18(13-19(27)25-11-9-24(10-12-25)16(3)26)20(28)23-21(22-14)29-15(2)17-7-5-4-6-8-17/h4-8,15H,9-13H2,1-3H3,(H,22,23,28). The number of nitrogens with zero attached hydrogens (tertiary/aromatic N) is 3. The quantitative estimate of drug-likeness (QED) is 0.599. The number of aryl methyl sites for hydroxylation is 1. The second-order valence-electron chi connectivity index (χ2n) is 7.17. The molecule has 0 spiro atoms. The molecule has 1 atom stereocenters. The first-order chi connectivity index (χ1) is 13.8. The van der Waals surface area contributed by atoms with Crippen molar-refractivity contribution in [3.63, 3.8) is 0 Å². The molecule has 0 bridgehead atoms. The van der Waals surface area contributed by atoms with Crippen molar-refractivity contribution in [2.45, 2.75) is 37.6 Å². The lowest BCUT2D eigenvalue weighted by Gasteiger charge is -2.34. The Morgan fingerprint density at radius 1 is 1.14 bits per heavy atom. The number of benzene rings is 1. The van der Waals surface area contributed by atoms with Crippen molar-refractivity contribution in [3.8, 4) is 0 Å². The number of amides is 2. The zero-order chi connectivity index (χ0) is 21.0. The van der Waals surface area contributed by atoms with Gasteiger partial charge in [-0.25, -0.2) is 4.98 Å². The minimum Gasteiger partial charge on any atom is -0.339 e. The lowest BCUT2D eigenvalue weighted by molar-refractivity contribution is -0.138. The number of piperazine rings is 1. The number of rotatable bonds is 5. The Labute approximate surface area is 174 Å². The van der Waals surface area contributed by atoms with Crippen molar-refractivity contribution < 1.29 is 9.59 Å². The van der Waals surface area contributed by atoms with Gasteiger partial charge in [-0.15, -0.1) is 0 Å². The van der Waals surface area contributed by atoms with E-state index >= 15 is 0 Å². The zero-order valence-electron chi connectivity index (χ0n) is 17.0. The lowest BCUT2D eigenvalue weighted by atomic mass is 10.1. The molecule has 2 aromatic rings. The maximum absolute atomic E-state index is 12.6. The number of hydrogen-bond acceptors (Lipinski definition) is 5. The summed E-state index contributed by atoms with van der Waals surface area (Å²) < 4.78 is 0. The van der Waals surface area contributed by atoms with Crippen LogP contribution in [0.25, 0.3) is 0 Å². The van der Waals surface area contributed by atoms with Crippen LogP contribution >= 0.6 is 11.8 Å². The highest BCUT2D eigenvalue weighted by Gasteiger charge is 2.24. The van der Waals surface area contributed by atoms with E-state index in [9.17, 15) is 14.4 Å². The van der Waals surface area contributed by atoms with Gasteiger partial charge in [0.05, 0.1) is 6.42 Å². The van der Waals surface area contributed by atoms with Crippen LogP contribution in [0.3, 0.4) is 0 Å². The number of carbonyl (C=O) groups excluding carboxylic acids is 2. The average molecular weight is 415 g/mol. The van der Waals surface area contributed by atoms with Gasteiger partial charge >= 0.3 is 0 Å². The van der Waals surface area contributed by atoms with Crippen molar-refractivity contribution in [1.29, 1.82) is 0 Å². The Balaban J connectivity index is 1.66. The molecule has 1 aromatic carbocycles. The van der Waals surface area contributed by atoms with E-state index in [-0.39, 0.29) is 29.0 Å². The molecule has 3 rings (SSSR count). The molecule has 2 heterocycles. The van der Waals surface area contributed by atoms with Crippen molar-refractivity contribution in [2.75, 3.05) is 26.2 Å². The monoisotopic (exact) mass is 414 g/mol. The first-order valence-electron chi connectivity index (χ1n) is 9.70. The van der Waals surface area contributed by atoms with E-state index in [1.807, 2.05) is 30.3 Å². The minimum atomic E-state index is -0.268. The molecule has 1 N–H and O–H groups in total. The van der Waals surface area contributed by atoms with E-state index in [1.54, 1.807) is 16.7 Å². The number of aromatic nitrogens is 2. The van der Waals surface area contributed by atoms with Gasteiger partial charge in [0, 0.05) is 49.6 Å². The van der Waals surface area contributed by atoms with Crippen LogP contribution in [-0.4, -0.2) is 57.8 Å². The molecule has 154 valence electrons. The topological polar surface area (TPSA) is 86.4 Å². The smallest absolute Gasteiger partial charge is 0.255 e. The Morgan fingerprint density at radius 2 is 1.76 bits per heavy atom. The van der Waals surface area contributed by atoms with Crippen LogP contribution in [0.1, 0.15) is 35.9 Å². The number of nitrogens with one attached hydrogen (secondary N) is 1. The summed E-state index contributed by atoms with van der Waals surface area (Å²) >= 11 is 1.48. The van der Waals surface area contributed by atoms with Gasteiger partial charge in [0.15, 0.2) is 5.16 Å². The van der Waals surface area contributed by atoms with E-state index < -0.39 is 0 Å². The van der Waals surface area contributed by atoms with E-state index in [2.05, 4.69) is 16.9 Å². The predicted molar refractivity (Wildman–Crippen MR) is 113 cm³/mol. The van der Waals surface area contributed by atoms with Crippen LogP contribution in [0.5, 0.6) is 0 Å². The Morgan fingerprint density at radius 3 is 2.34 bits per heavy atom. The van der Waals surface area contributed by atoms with Crippen LogP contribution in [0, 0.1) is 6.92 Å². The van der Waals surface area contributed by atoms with Crippen LogP contribution in [0.15, 0.2) is 40.3 Å². The van der Waals surface area contributed by atoms with Gasteiger partial charge in [0.2, 0.25) is 11.8 Å². The molecule has 29 heavy (non-hydrogen) atoms. The summed E-state index contributed by atoms with van der Waals surface area (Å²) in [5.41, 5.74) is 1.87. The summed E-state index contributed by atoms with van der Waals surface area (Å²) in [6, 6.07) is 10.0. The van der Waals surface area contributed by atoms with Crippen LogP contribution in [0.4, 0.5) is 0 Å². The molecule has 1 aliphatic heterocycles. The van der Waals surface area contributed by atoms with Crippen LogP contribution in [0.2, 0.25) is 0 Å². The normalized spacial score (nSPS) is 15.3. The molecular weight excluding hydrogens is 388 g/mol. The summed E-state index contributed by atoms with van der Waals surface area (Å²) in [6.45, 7) is 7.40. The van der Waals surface area contributed by atoms with Crippen molar-refractivity contribution in [2.24, 2.45) is 0 Å². The number of aromatic amines is 1. The number of H-pyrrole nitrogens is 1. The van der Waals surface area contributed by atoms with Gasteiger partial charge in [-0.1, -0.05) is 42.1 Å². The second kappa shape index (κ2) is 9.26. The fourth-order valence-corrected chi connectivity index (χ4v) is 4.31. The second-order valence-corrected chi connectivity index (χ2v) is 8.50. The van der Waals surface area contributed by atoms with Gasteiger partial charge in [-0.05, 0) is 19.4 Å². The molecule has 1 saturated heterocycles. The molecule has 2 amide bonds. The molecule has 0 aliphatic carbocycles. The summed E-state index contributed by atoms with van der Waals surface area (Å²) in [6.07, 6.45) is 0.0213. The maximum atomic E-state index is 12.6. The van der Waals surface area contributed by atoms with Gasteiger partial charge in [-0.2, -0.15) is 0 Å². The van der Waals surface area contributed by atoms with E-state index in [0.29, 0.717) is 42.6 Å². The summed E-state index contributed by atoms with van der Waals surface area (Å²) in [5, 5.41) is 0.693. The SMILES string of the molecule is CC(=O)N1CCN(C(=O)Cc2c(C)nc(SC(C)c3ccccc3)[nH]c2=O)CC1. The first-order valence-corrected chi connectivity index (χ1v) is 10.6. The Bertz CT molecular complexity index is 937. The molecule has 1 aliphatic rings. The molecule has 1 unspecified atom stereocenters. The largest absolute Gasteiger partial charge is 0.339 e. The number of hydrogen-bond donors (Lipinski definition) is 1. The van der Waals surface area contributed by atoms with Gasteiger partial charge in [-0.3, -0.25) is 14.4 Å². The lowest BCUT2D eigenvalue weighted by Crippen LogP contribution is -2.50. The summed E-state index contributed by atoms with van der Waals surface area (Å²) in [7, 11) is 0. The van der Waals surface area contributed by atoms with Crippen molar-refractivity contribution in [3.05, 3.63) is 57.5 Å². The third-order valence-corrected chi connectivity index (χ3v) is 6.21. The molecule has 0 radical (unpaired) electrons. The average Bonchev–Trinajstić information content (AvgIpc) is 2.71. The number of carbonyl (C=O) groups is 2. The third kappa shape index (κ3) is 5.26. The molecule has 1 fully saturated rings. The van der Waals surface area contributed by atoms with Crippen LogP contribution < -0.4 is 5.56 Å². The van der Waals surface area contributed by atoms with Gasteiger partial charge < -0.3 is 14.8 Å². The van der Waals surface area contributed by atoms with Gasteiger partial charge in [0.25, 0.3) is 5.56 Å². The Hall–Kier alpha value is -2.61. The number of thioether (sulfide) groups is 1. The molecule has 0 saturated carbocycles. The maximum Gasteiger partial charge on any atom is 0.255 e. The molecule has 1 aromatic heterocycles. The first kappa shape index (κ1) is 21.1. The van der Waals surface area contributed by atoms with E-state index in [1.165, 1.54) is 18.7 Å². The fourth-order valence-electron chi connectivity index (χ4n) is 3.34. The van der Waals surface area contributed by atoms with Crippen molar-refractivity contribution >= 4 is 23.6 Å². The van der Waals surface area contributed by atoms with E-state index in [4.69, 9.17) is 0 Å². The van der Waals surface area contributed by atoms with Crippen LogP contribution in [-0.2, 0) is 16.0 Å². The van der Waals surface area contributed by atoms with Gasteiger partial charge in [0.1, 0.15) is 0 Å². The highest BCUT2D eigenvalue weighted by Crippen LogP contribution is 2.32. The zero-order valence-corrected chi connectivity index (χ0v) is 17.8. The minimum absolute atomic E-state index is 0.0198. The third-order valence-electron chi connectivity index (χ3n) is 5.16.